The van der Waals surface area contributed by atoms with Crippen LogP contribution in [0, 0.1) is 5.92 Å². The summed E-state index contributed by atoms with van der Waals surface area (Å²) in [6.07, 6.45) is 2.34. The maximum absolute atomic E-state index is 13.2. The van der Waals surface area contributed by atoms with E-state index in [2.05, 4.69) is 79.1 Å². The second-order valence-electron chi connectivity index (χ2n) is 8.22. The third-order valence-electron chi connectivity index (χ3n) is 5.80. The monoisotopic (exact) mass is 375 g/mol. The Balaban J connectivity index is 1.52. The van der Waals surface area contributed by atoms with Crippen LogP contribution in [0.25, 0.3) is 10.9 Å². The fourth-order valence-electron chi connectivity index (χ4n) is 4.51. The number of fused-ring (bicyclic) bond motifs is 2. The molecule has 4 rings (SSSR count). The summed E-state index contributed by atoms with van der Waals surface area (Å²) in [7, 11) is 6.30. The van der Waals surface area contributed by atoms with Gasteiger partial charge in [-0.15, -0.1) is 0 Å². The van der Waals surface area contributed by atoms with Crippen LogP contribution in [0.5, 0.6) is 0 Å². The van der Waals surface area contributed by atoms with Gasteiger partial charge >= 0.3 is 0 Å². The predicted molar refractivity (Wildman–Crippen MR) is 116 cm³/mol. The van der Waals surface area contributed by atoms with E-state index in [1.54, 1.807) is 0 Å². The Kier molecular flexibility index (Phi) is 5.23. The van der Waals surface area contributed by atoms with Crippen LogP contribution in [0.2, 0.25) is 0 Å². The van der Waals surface area contributed by atoms with Crippen LogP contribution in [-0.2, 0) is 24.7 Å². The highest BCUT2D eigenvalue weighted by atomic mass is 16.2. The molecule has 4 heteroatoms. The molecule has 28 heavy (non-hydrogen) atoms. The van der Waals surface area contributed by atoms with Gasteiger partial charge in [0.25, 0.3) is 0 Å². The molecule has 0 fully saturated rings. The van der Waals surface area contributed by atoms with Gasteiger partial charge in [-0.3, -0.25) is 4.79 Å². The largest absolute Gasteiger partial charge is 0.348 e. The molecule has 0 aliphatic carbocycles. The average molecular weight is 376 g/mol. The van der Waals surface area contributed by atoms with Gasteiger partial charge in [-0.25, -0.2) is 0 Å². The van der Waals surface area contributed by atoms with Crippen molar-refractivity contribution in [3.05, 3.63) is 65.9 Å². The third-order valence-corrected chi connectivity index (χ3v) is 5.80. The number of amides is 1. The van der Waals surface area contributed by atoms with Gasteiger partial charge in [0.15, 0.2) is 0 Å². The molecule has 1 unspecified atom stereocenters. The predicted octanol–water partition coefficient (Wildman–Crippen LogP) is 3.88. The van der Waals surface area contributed by atoms with Gasteiger partial charge in [-0.1, -0.05) is 36.4 Å². The molecule has 2 aromatic carbocycles. The molecule has 0 N–H and O–H groups in total. The number of hydrogen-bond acceptors (Lipinski definition) is 2. The van der Waals surface area contributed by atoms with Crippen molar-refractivity contribution in [1.29, 1.82) is 0 Å². The van der Waals surface area contributed by atoms with Crippen LogP contribution >= 0.6 is 0 Å². The Morgan fingerprint density at radius 3 is 2.64 bits per heavy atom. The molecule has 0 bridgehead atoms. The van der Waals surface area contributed by atoms with Crippen LogP contribution in [0.3, 0.4) is 0 Å². The number of nitrogens with zero attached hydrogens (tertiary/aromatic N) is 3. The van der Waals surface area contributed by atoms with E-state index in [4.69, 9.17) is 0 Å². The minimum Gasteiger partial charge on any atom is -0.348 e. The highest BCUT2D eigenvalue weighted by Crippen LogP contribution is 2.30. The molecule has 1 aromatic heterocycles. The van der Waals surface area contributed by atoms with E-state index < -0.39 is 0 Å². The third kappa shape index (κ3) is 3.69. The van der Waals surface area contributed by atoms with E-state index >= 15 is 0 Å². The second-order valence-corrected chi connectivity index (χ2v) is 8.22. The summed E-state index contributed by atoms with van der Waals surface area (Å²) >= 11 is 0. The smallest absolute Gasteiger partial charge is 0.227 e. The van der Waals surface area contributed by atoms with Crippen molar-refractivity contribution in [2.24, 2.45) is 13.0 Å². The fourth-order valence-corrected chi connectivity index (χ4v) is 4.51. The molecule has 4 nitrogen and oxygen atoms in total. The summed E-state index contributed by atoms with van der Waals surface area (Å²) in [5.41, 5.74) is 4.82. The fraction of sp³-hybridized carbons (Fsp3) is 0.375. The van der Waals surface area contributed by atoms with Crippen LogP contribution in [-0.4, -0.2) is 42.6 Å². The van der Waals surface area contributed by atoms with E-state index in [1.807, 2.05) is 11.0 Å². The molecule has 0 spiro atoms. The minimum absolute atomic E-state index is 0.223. The number of aromatic nitrogens is 1. The zero-order valence-corrected chi connectivity index (χ0v) is 17.1. The van der Waals surface area contributed by atoms with Crippen LogP contribution < -0.4 is 4.90 Å². The van der Waals surface area contributed by atoms with Gasteiger partial charge in [0.05, 0.1) is 0 Å². The Labute approximate surface area is 167 Å². The lowest BCUT2D eigenvalue weighted by Crippen LogP contribution is -2.43. The van der Waals surface area contributed by atoms with Crippen molar-refractivity contribution < 1.29 is 4.79 Å². The first-order chi connectivity index (χ1) is 13.5. The van der Waals surface area contributed by atoms with Crippen LogP contribution in [0.4, 0.5) is 5.69 Å². The normalized spacial score (nSPS) is 16.6. The topological polar surface area (TPSA) is 28.5 Å². The molecular formula is C24H29N3O. The van der Waals surface area contributed by atoms with E-state index in [1.165, 1.54) is 22.2 Å². The molecule has 0 saturated heterocycles. The van der Waals surface area contributed by atoms with E-state index in [-0.39, 0.29) is 5.91 Å². The Bertz CT molecular complexity index is 988. The van der Waals surface area contributed by atoms with Crippen molar-refractivity contribution in [1.82, 2.24) is 9.47 Å². The molecule has 0 radical (unpaired) electrons. The van der Waals surface area contributed by atoms with Crippen LogP contribution in [0.15, 0.2) is 54.6 Å². The molecule has 1 amide bonds. The van der Waals surface area contributed by atoms with Crippen molar-refractivity contribution in [3.8, 4) is 0 Å². The number of rotatable bonds is 5. The van der Waals surface area contributed by atoms with Crippen molar-refractivity contribution in [2.75, 3.05) is 32.1 Å². The number of hydrogen-bond donors (Lipinski definition) is 0. The molecule has 146 valence electrons. The number of carbonyl (C=O) groups is 1. The van der Waals surface area contributed by atoms with Crippen LogP contribution in [0.1, 0.15) is 17.7 Å². The Hall–Kier alpha value is -2.59. The average Bonchev–Trinajstić information content (AvgIpc) is 3.01. The summed E-state index contributed by atoms with van der Waals surface area (Å²) in [5, 5.41) is 1.24. The lowest BCUT2D eigenvalue weighted by Gasteiger charge is -2.36. The maximum atomic E-state index is 13.2. The van der Waals surface area contributed by atoms with E-state index in [9.17, 15) is 4.79 Å². The SMILES string of the molecule is CN(C)CC1Cc2ccccc2N(C(=O)CCc2cc3ccccc3n2C)C1. The lowest BCUT2D eigenvalue weighted by atomic mass is 9.91. The maximum Gasteiger partial charge on any atom is 0.227 e. The van der Waals surface area contributed by atoms with Gasteiger partial charge in [0, 0.05) is 43.5 Å². The molecular weight excluding hydrogens is 346 g/mol. The molecule has 1 aliphatic rings. The number of aryl methyl sites for hydroxylation is 2. The molecule has 1 aliphatic heterocycles. The highest BCUT2D eigenvalue weighted by Gasteiger charge is 2.28. The van der Waals surface area contributed by atoms with Gasteiger partial charge in [-0.2, -0.15) is 0 Å². The number of carbonyl (C=O) groups excluding carboxylic acids is 1. The summed E-state index contributed by atoms with van der Waals surface area (Å²) in [6.45, 7) is 1.81. The standard InChI is InChI=1S/C24H29N3O/c1-25(2)16-18-14-19-8-5-7-11-23(19)27(17-18)24(28)13-12-21-15-20-9-4-6-10-22(20)26(21)3/h4-11,15,18H,12-14,16-17H2,1-3H3. The zero-order chi connectivity index (χ0) is 19.7. The molecule has 3 aromatic rings. The highest BCUT2D eigenvalue weighted by molar-refractivity contribution is 5.95. The number of para-hydroxylation sites is 2. The summed E-state index contributed by atoms with van der Waals surface area (Å²) in [4.78, 5) is 17.4. The summed E-state index contributed by atoms with van der Waals surface area (Å²) < 4.78 is 2.21. The molecule has 1 atom stereocenters. The quantitative estimate of drug-likeness (QED) is 0.677. The Morgan fingerprint density at radius 1 is 1.11 bits per heavy atom. The van der Waals surface area contributed by atoms with Gasteiger partial charge in [0.2, 0.25) is 5.91 Å². The first-order valence-corrected chi connectivity index (χ1v) is 10.1. The van der Waals surface area contributed by atoms with Crippen molar-refractivity contribution in [3.63, 3.8) is 0 Å². The lowest BCUT2D eigenvalue weighted by molar-refractivity contribution is -0.118. The van der Waals surface area contributed by atoms with Crippen molar-refractivity contribution in [2.45, 2.75) is 19.3 Å². The minimum atomic E-state index is 0.223. The number of anilines is 1. The molecule has 0 saturated carbocycles. The first-order valence-electron chi connectivity index (χ1n) is 10.1. The first kappa shape index (κ1) is 18.8. The van der Waals surface area contributed by atoms with E-state index in [0.717, 1.165) is 31.6 Å². The number of benzene rings is 2. The zero-order valence-electron chi connectivity index (χ0n) is 17.1. The van der Waals surface area contributed by atoms with Crippen molar-refractivity contribution >= 4 is 22.5 Å². The van der Waals surface area contributed by atoms with Gasteiger partial charge < -0.3 is 14.4 Å². The summed E-state index contributed by atoms with van der Waals surface area (Å²) in [5.74, 6) is 0.702. The molecule has 2 heterocycles. The van der Waals surface area contributed by atoms with Gasteiger partial charge in [-0.05, 0) is 62.0 Å². The van der Waals surface area contributed by atoms with Gasteiger partial charge in [0.1, 0.15) is 0 Å². The second kappa shape index (κ2) is 7.80. The summed E-state index contributed by atoms with van der Waals surface area (Å²) in [6, 6.07) is 19.0. The Morgan fingerprint density at radius 2 is 1.86 bits per heavy atom. The van der Waals surface area contributed by atoms with E-state index in [0.29, 0.717) is 12.3 Å².